The van der Waals surface area contributed by atoms with Gasteiger partial charge in [0.05, 0.1) is 12.7 Å². The highest BCUT2D eigenvalue weighted by molar-refractivity contribution is 5.97. The van der Waals surface area contributed by atoms with Crippen LogP contribution in [0.3, 0.4) is 0 Å². The average Bonchev–Trinajstić information content (AvgIpc) is 2.74. The zero-order valence-corrected chi connectivity index (χ0v) is 14.5. The number of aromatic nitrogens is 1. The van der Waals surface area contributed by atoms with Crippen LogP contribution >= 0.6 is 0 Å². The number of methoxy groups -OCH3 is 1. The second kappa shape index (κ2) is 8.58. The van der Waals surface area contributed by atoms with Crippen LogP contribution in [0.15, 0.2) is 97.3 Å². The number of hydrogen-bond donors (Lipinski definition) is 0. The van der Waals surface area contributed by atoms with Gasteiger partial charge in [-0.2, -0.15) is 0 Å². The van der Waals surface area contributed by atoms with Gasteiger partial charge in [0.2, 0.25) is 0 Å². The Bertz CT molecular complexity index is 931. The molecule has 0 fully saturated rings. The molecule has 0 radical (unpaired) electrons. The summed E-state index contributed by atoms with van der Waals surface area (Å²) < 4.78 is 4.76. The van der Waals surface area contributed by atoms with Crippen molar-refractivity contribution in [3.05, 3.63) is 103 Å². The lowest BCUT2D eigenvalue weighted by Crippen LogP contribution is -2.03. The third-order valence-electron chi connectivity index (χ3n) is 3.97. The molecule has 3 aromatic carbocycles. The van der Waals surface area contributed by atoms with E-state index in [0.29, 0.717) is 5.56 Å². The zero-order chi connectivity index (χ0) is 18.2. The van der Waals surface area contributed by atoms with E-state index in [1.165, 1.54) is 17.9 Å². The van der Waals surface area contributed by atoms with Crippen LogP contribution < -0.4 is 0 Å². The maximum atomic E-state index is 11.6. The van der Waals surface area contributed by atoms with Gasteiger partial charge in [0.25, 0.3) is 0 Å². The first-order chi connectivity index (χ1) is 12.8. The number of pyridine rings is 1. The van der Waals surface area contributed by atoms with E-state index >= 15 is 0 Å². The topological polar surface area (TPSA) is 39.2 Å². The monoisotopic (exact) mass is 341 g/mol. The molecule has 0 saturated carbocycles. The van der Waals surface area contributed by atoms with E-state index in [1.54, 1.807) is 6.07 Å². The van der Waals surface area contributed by atoms with Crippen molar-refractivity contribution in [1.82, 2.24) is 4.98 Å². The number of nitrogens with zero attached hydrogens (tertiary/aromatic N) is 1. The van der Waals surface area contributed by atoms with E-state index in [1.807, 2.05) is 79.1 Å². The van der Waals surface area contributed by atoms with Gasteiger partial charge in [-0.25, -0.2) is 4.79 Å². The first-order valence-electron chi connectivity index (χ1n) is 8.31. The molecule has 1 heterocycles. The molecule has 0 aliphatic rings. The Labute approximate surface area is 152 Å². The molecule has 1 aromatic heterocycles. The predicted octanol–water partition coefficient (Wildman–Crippen LogP) is 5.38. The van der Waals surface area contributed by atoms with E-state index in [9.17, 15) is 4.79 Å². The van der Waals surface area contributed by atoms with Gasteiger partial charge in [0, 0.05) is 12.4 Å². The van der Waals surface area contributed by atoms with Crippen LogP contribution in [-0.2, 0) is 4.74 Å². The van der Waals surface area contributed by atoms with Crippen molar-refractivity contribution in [2.45, 2.75) is 0 Å². The standard InChI is InChI=1S/C14H12O2.C9H7N/c1-16-14(15)13-10-6-5-9-12(13)11-7-3-2-4-8-11;1-2-4-9-7-10-6-5-8(9)3-1/h2-10H,1H3;1-7H. The van der Waals surface area contributed by atoms with E-state index in [-0.39, 0.29) is 5.97 Å². The van der Waals surface area contributed by atoms with Crippen LogP contribution in [-0.4, -0.2) is 18.1 Å². The fourth-order valence-corrected chi connectivity index (χ4v) is 2.67. The fourth-order valence-electron chi connectivity index (χ4n) is 2.67. The van der Waals surface area contributed by atoms with Gasteiger partial charge in [0.1, 0.15) is 0 Å². The molecule has 0 unspecified atom stereocenters. The highest BCUT2D eigenvalue weighted by Gasteiger charge is 2.11. The van der Waals surface area contributed by atoms with E-state index in [2.05, 4.69) is 17.1 Å². The number of fused-ring (bicyclic) bond motifs is 1. The van der Waals surface area contributed by atoms with Crippen LogP contribution in [0, 0.1) is 0 Å². The fraction of sp³-hybridized carbons (Fsp3) is 0.0435. The number of carbonyl (C=O) groups excluding carboxylic acids is 1. The summed E-state index contributed by atoms with van der Waals surface area (Å²) in [6, 6.07) is 27.4. The maximum Gasteiger partial charge on any atom is 0.338 e. The molecule has 0 amide bonds. The van der Waals surface area contributed by atoms with E-state index < -0.39 is 0 Å². The van der Waals surface area contributed by atoms with Gasteiger partial charge in [-0.1, -0.05) is 72.8 Å². The van der Waals surface area contributed by atoms with Crippen molar-refractivity contribution < 1.29 is 9.53 Å². The highest BCUT2D eigenvalue weighted by Crippen LogP contribution is 2.23. The Kier molecular flexibility index (Phi) is 5.73. The van der Waals surface area contributed by atoms with Gasteiger partial charge in [-0.05, 0) is 34.0 Å². The number of benzene rings is 3. The second-order valence-corrected chi connectivity index (χ2v) is 5.63. The summed E-state index contributed by atoms with van der Waals surface area (Å²) in [6.45, 7) is 0. The lowest BCUT2D eigenvalue weighted by atomic mass is 10.00. The number of hydrogen-bond acceptors (Lipinski definition) is 3. The minimum Gasteiger partial charge on any atom is -0.465 e. The van der Waals surface area contributed by atoms with Crippen molar-refractivity contribution in [3.8, 4) is 11.1 Å². The zero-order valence-electron chi connectivity index (χ0n) is 14.5. The van der Waals surface area contributed by atoms with E-state index in [4.69, 9.17) is 4.74 Å². The summed E-state index contributed by atoms with van der Waals surface area (Å²) in [5.41, 5.74) is 2.51. The van der Waals surface area contributed by atoms with Crippen LogP contribution in [0.4, 0.5) is 0 Å². The van der Waals surface area contributed by atoms with Gasteiger partial charge in [-0.3, -0.25) is 4.98 Å². The lowest BCUT2D eigenvalue weighted by molar-refractivity contribution is 0.0601. The van der Waals surface area contributed by atoms with Gasteiger partial charge >= 0.3 is 5.97 Å². The summed E-state index contributed by atoms with van der Waals surface area (Å²) in [6.07, 6.45) is 3.68. The number of ether oxygens (including phenoxy) is 1. The molecular weight excluding hydrogens is 322 g/mol. The minimum atomic E-state index is -0.306. The Hall–Kier alpha value is -3.46. The van der Waals surface area contributed by atoms with Crippen molar-refractivity contribution in [3.63, 3.8) is 0 Å². The molecule has 3 heteroatoms. The highest BCUT2D eigenvalue weighted by atomic mass is 16.5. The number of esters is 1. The Balaban J connectivity index is 0.000000167. The van der Waals surface area contributed by atoms with Crippen molar-refractivity contribution in [1.29, 1.82) is 0 Å². The second-order valence-electron chi connectivity index (χ2n) is 5.63. The molecule has 4 rings (SSSR count). The molecule has 0 spiro atoms. The summed E-state index contributed by atoms with van der Waals surface area (Å²) in [5, 5.41) is 2.45. The molecule has 0 aliphatic heterocycles. The van der Waals surface area contributed by atoms with Crippen LogP contribution in [0.25, 0.3) is 21.9 Å². The van der Waals surface area contributed by atoms with Crippen LogP contribution in [0.1, 0.15) is 10.4 Å². The lowest BCUT2D eigenvalue weighted by Gasteiger charge is -2.07. The molecular formula is C23H19NO2. The molecule has 128 valence electrons. The molecule has 0 bridgehead atoms. The largest absolute Gasteiger partial charge is 0.465 e. The quantitative estimate of drug-likeness (QED) is 0.460. The predicted molar refractivity (Wildman–Crippen MR) is 105 cm³/mol. The minimum absolute atomic E-state index is 0.306. The number of rotatable bonds is 2. The Morgan fingerprint density at radius 2 is 1.42 bits per heavy atom. The molecule has 0 saturated heterocycles. The smallest absolute Gasteiger partial charge is 0.338 e. The van der Waals surface area contributed by atoms with E-state index in [0.717, 1.165) is 11.1 Å². The average molecular weight is 341 g/mol. The summed E-state index contributed by atoms with van der Waals surface area (Å²) >= 11 is 0. The first-order valence-corrected chi connectivity index (χ1v) is 8.31. The molecule has 26 heavy (non-hydrogen) atoms. The third-order valence-corrected chi connectivity index (χ3v) is 3.97. The molecule has 4 aromatic rings. The molecule has 3 nitrogen and oxygen atoms in total. The first kappa shape index (κ1) is 17.4. The van der Waals surface area contributed by atoms with Crippen molar-refractivity contribution >= 4 is 16.7 Å². The van der Waals surface area contributed by atoms with Crippen molar-refractivity contribution in [2.75, 3.05) is 7.11 Å². The maximum absolute atomic E-state index is 11.6. The van der Waals surface area contributed by atoms with Crippen LogP contribution in [0.2, 0.25) is 0 Å². The summed E-state index contributed by atoms with van der Waals surface area (Å²) in [7, 11) is 1.39. The van der Waals surface area contributed by atoms with Crippen molar-refractivity contribution in [2.24, 2.45) is 0 Å². The Morgan fingerprint density at radius 1 is 0.769 bits per heavy atom. The van der Waals surface area contributed by atoms with Gasteiger partial charge in [0.15, 0.2) is 0 Å². The third kappa shape index (κ3) is 4.14. The van der Waals surface area contributed by atoms with Crippen LogP contribution in [0.5, 0.6) is 0 Å². The summed E-state index contributed by atoms with van der Waals surface area (Å²) in [5.74, 6) is -0.306. The normalized spacial score (nSPS) is 9.88. The number of carbonyl (C=O) groups is 1. The summed E-state index contributed by atoms with van der Waals surface area (Å²) in [4.78, 5) is 15.6. The Morgan fingerprint density at radius 3 is 2.15 bits per heavy atom. The van der Waals surface area contributed by atoms with Gasteiger partial charge in [-0.15, -0.1) is 0 Å². The molecule has 0 aliphatic carbocycles. The molecule has 0 N–H and O–H groups in total. The SMILES string of the molecule is COC(=O)c1ccccc1-c1ccccc1.c1ccc2cnccc2c1. The molecule has 0 atom stereocenters. The van der Waals surface area contributed by atoms with Gasteiger partial charge < -0.3 is 4.74 Å².